The summed E-state index contributed by atoms with van der Waals surface area (Å²) in [5, 5.41) is 8.68. The van der Waals surface area contributed by atoms with Crippen molar-refractivity contribution in [1.29, 1.82) is 5.26 Å². The Morgan fingerprint density at radius 1 is 1.00 bits per heavy atom. The van der Waals surface area contributed by atoms with Crippen molar-refractivity contribution in [2.45, 2.75) is 0 Å². The summed E-state index contributed by atoms with van der Waals surface area (Å²) < 4.78 is 10.9. The molecule has 3 nitrogen and oxygen atoms in total. The van der Waals surface area contributed by atoms with Crippen molar-refractivity contribution in [3.8, 4) is 23.3 Å². The first kappa shape index (κ1) is 12.0. The zero-order valence-corrected chi connectivity index (χ0v) is 9.96. The number of methoxy groups -OCH3 is 1. The average Bonchev–Trinajstić information content (AvgIpc) is 2.40. The van der Waals surface area contributed by atoms with E-state index < -0.39 is 0 Å². The van der Waals surface area contributed by atoms with E-state index in [1.807, 2.05) is 36.4 Å². The van der Waals surface area contributed by atoms with Crippen LogP contribution in [0.1, 0.15) is 5.56 Å². The summed E-state index contributed by atoms with van der Waals surface area (Å²) in [6, 6.07) is 16.8. The second-order valence-corrected chi connectivity index (χ2v) is 3.63. The highest BCUT2D eigenvalue weighted by molar-refractivity contribution is 5.45. The van der Waals surface area contributed by atoms with E-state index in [2.05, 4.69) is 0 Å². The van der Waals surface area contributed by atoms with Crippen LogP contribution in [0.4, 0.5) is 0 Å². The standard InChI is InChI=1S/C15H12NO2/c1-17-14-9-12(7-8-16)10-15(11-14)18-13-5-3-2-4-6-13/h2-7,9-11H,1H3. The number of rotatable bonds is 4. The number of hydrogen-bond acceptors (Lipinski definition) is 3. The third kappa shape index (κ3) is 3.02. The lowest BCUT2D eigenvalue weighted by molar-refractivity contribution is 0.408. The van der Waals surface area contributed by atoms with Gasteiger partial charge in [0, 0.05) is 6.07 Å². The molecule has 0 saturated carbocycles. The van der Waals surface area contributed by atoms with Crippen LogP contribution in [-0.4, -0.2) is 7.11 Å². The minimum atomic E-state index is 0.641. The first-order valence-electron chi connectivity index (χ1n) is 5.46. The van der Waals surface area contributed by atoms with Gasteiger partial charge in [-0.1, -0.05) is 18.2 Å². The molecule has 2 aromatic rings. The van der Waals surface area contributed by atoms with Crippen LogP contribution in [0.15, 0.2) is 48.5 Å². The molecule has 0 unspecified atom stereocenters. The average molecular weight is 238 g/mol. The summed E-state index contributed by atoms with van der Waals surface area (Å²) in [7, 11) is 1.58. The number of para-hydroxylation sites is 1. The van der Waals surface area contributed by atoms with Crippen LogP contribution in [0.25, 0.3) is 0 Å². The van der Waals surface area contributed by atoms with Crippen LogP contribution in [-0.2, 0) is 0 Å². The van der Waals surface area contributed by atoms with Gasteiger partial charge in [-0.15, -0.1) is 0 Å². The van der Waals surface area contributed by atoms with E-state index in [4.69, 9.17) is 14.7 Å². The van der Waals surface area contributed by atoms with Crippen LogP contribution < -0.4 is 9.47 Å². The largest absolute Gasteiger partial charge is 0.497 e. The van der Waals surface area contributed by atoms with Crippen molar-refractivity contribution < 1.29 is 9.47 Å². The third-order valence-electron chi connectivity index (χ3n) is 2.35. The summed E-state index contributed by atoms with van der Waals surface area (Å²) in [5.74, 6) is 2.04. The molecular weight excluding hydrogens is 226 g/mol. The summed E-state index contributed by atoms with van der Waals surface area (Å²) in [5.41, 5.74) is 0.753. The number of nitrogens with zero attached hydrogens (tertiary/aromatic N) is 1. The molecule has 0 aromatic heterocycles. The molecule has 89 valence electrons. The summed E-state index contributed by atoms with van der Waals surface area (Å²) >= 11 is 0. The topological polar surface area (TPSA) is 42.2 Å². The molecule has 0 heterocycles. The van der Waals surface area contributed by atoms with E-state index >= 15 is 0 Å². The number of ether oxygens (including phenoxy) is 2. The van der Waals surface area contributed by atoms with Crippen molar-refractivity contribution >= 4 is 0 Å². The van der Waals surface area contributed by atoms with E-state index in [1.54, 1.807) is 25.3 Å². The SMILES string of the molecule is COc1cc([CH]C#N)cc(Oc2ccccc2)c1. The fourth-order valence-corrected chi connectivity index (χ4v) is 1.55. The molecule has 0 spiro atoms. The highest BCUT2D eigenvalue weighted by atomic mass is 16.5. The second-order valence-electron chi connectivity index (χ2n) is 3.63. The molecule has 2 aromatic carbocycles. The summed E-state index contributed by atoms with van der Waals surface area (Å²) in [4.78, 5) is 0. The van der Waals surface area contributed by atoms with Gasteiger partial charge >= 0.3 is 0 Å². The lowest BCUT2D eigenvalue weighted by Gasteiger charge is -2.09. The molecule has 0 N–H and O–H groups in total. The van der Waals surface area contributed by atoms with Gasteiger partial charge in [-0.2, -0.15) is 5.26 Å². The van der Waals surface area contributed by atoms with E-state index in [1.165, 1.54) is 6.42 Å². The number of benzene rings is 2. The zero-order chi connectivity index (χ0) is 12.8. The minimum Gasteiger partial charge on any atom is -0.497 e. The van der Waals surface area contributed by atoms with Crippen LogP contribution in [0.2, 0.25) is 0 Å². The van der Waals surface area contributed by atoms with Gasteiger partial charge in [0.25, 0.3) is 0 Å². The molecule has 2 rings (SSSR count). The lowest BCUT2D eigenvalue weighted by atomic mass is 10.1. The fraction of sp³-hybridized carbons (Fsp3) is 0.0667. The smallest absolute Gasteiger partial charge is 0.131 e. The van der Waals surface area contributed by atoms with Crippen LogP contribution in [0, 0.1) is 17.8 Å². The minimum absolute atomic E-state index is 0.641. The fourth-order valence-electron chi connectivity index (χ4n) is 1.55. The third-order valence-corrected chi connectivity index (χ3v) is 2.35. The van der Waals surface area contributed by atoms with Gasteiger partial charge in [-0.3, -0.25) is 0 Å². The molecule has 3 heteroatoms. The molecule has 0 aliphatic heterocycles. The van der Waals surface area contributed by atoms with E-state index in [0.717, 1.165) is 11.3 Å². The first-order valence-corrected chi connectivity index (χ1v) is 5.46. The van der Waals surface area contributed by atoms with Crippen molar-refractivity contribution in [1.82, 2.24) is 0 Å². The normalized spacial score (nSPS) is 9.56. The van der Waals surface area contributed by atoms with Gasteiger partial charge in [0.2, 0.25) is 0 Å². The highest BCUT2D eigenvalue weighted by Crippen LogP contribution is 2.27. The predicted molar refractivity (Wildman–Crippen MR) is 68.5 cm³/mol. The lowest BCUT2D eigenvalue weighted by Crippen LogP contribution is -1.90. The molecule has 0 atom stereocenters. The van der Waals surface area contributed by atoms with Gasteiger partial charge in [-0.05, 0) is 29.8 Å². The molecule has 0 aliphatic carbocycles. The molecule has 0 fully saturated rings. The van der Waals surface area contributed by atoms with Gasteiger partial charge in [0.1, 0.15) is 17.2 Å². The Morgan fingerprint density at radius 3 is 2.39 bits per heavy atom. The Kier molecular flexibility index (Phi) is 3.83. The first-order chi connectivity index (χ1) is 8.81. The monoisotopic (exact) mass is 238 g/mol. The molecular formula is C15H12NO2. The second kappa shape index (κ2) is 5.74. The quantitative estimate of drug-likeness (QED) is 0.817. The van der Waals surface area contributed by atoms with Crippen molar-refractivity contribution in [3.63, 3.8) is 0 Å². The van der Waals surface area contributed by atoms with Crippen molar-refractivity contribution in [2.75, 3.05) is 7.11 Å². The molecule has 0 aliphatic rings. The Hall–Kier alpha value is -2.47. The van der Waals surface area contributed by atoms with Gasteiger partial charge in [0.05, 0.1) is 19.6 Å². The zero-order valence-electron chi connectivity index (χ0n) is 9.96. The maximum absolute atomic E-state index is 8.68. The van der Waals surface area contributed by atoms with Gasteiger partial charge in [-0.25, -0.2) is 0 Å². The highest BCUT2D eigenvalue weighted by Gasteiger charge is 2.03. The van der Waals surface area contributed by atoms with Crippen molar-refractivity contribution in [3.05, 3.63) is 60.5 Å². The van der Waals surface area contributed by atoms with E-state index in [-0.39, 0.29) is 0 Å². The van der Waals surface area contributed by atoms with E-state index in [9.17, 15) is 0 Å². The maximum Gasteiger partial charge on any atom is 0.131 e. The Balaban J connectivity index is 2.27. The summed E-state index contributed by atoms with van der Waals surface area (Å²) in [6.45, 7) is 0. The Bertz CT molecular complexity index is 558. The number of nitriles is 1. The van der Waals surface area contributed by atoms with E-state index in [0.29, 0.717) is 11.5 Å². The maximum atomic E-state index is 8.68. The van der Waals surface area contributed by atoms with Crippen LogP contribution >= 0.6 is 0 Å². The Labute approximate surface area is 106 Å². The molecule has 1 radical (unpaired) electrons. The molecule has 18 heavy (non-hydrogen) atoms. The van der Waals surface area contributed by atoms with Crippen LogP contribution in [0.3, 0.4) is 0 Å². The molecule has 0 amide bonds. The van der Waals surface area contributed by atoms with Gasteiger partial charge < -0.3 is 9.47 Å². The number of hydrogen-bond donors (Lipinski definition) is 0. The van der Waals surface area contributed by atoms with Crippen molar-refractivity contribution in [2.24, 2.45) is 0 Å². The molecule has 0 saturated heterocycles. The predicted octanol–water partition coefficient (Wildman–Crippen LogP) is 3.56. The molecule has 0 bridgehead atoms. The van der Waals surface area contributed by atoms with Gasteiger partial charge in [0.15, 0.2) is 0 Å². The Morgan fingerprint density at radius 2 is 1.72 bits per heavy atom. The summed E-state index contributed by atoms with van der Waals surface area (Å²) in [6.07, 6.45) is 1.44. The van der Waals surface area contributed by atoms with Crippen LogP contribution in [0.5, 0.6) is 17.2 Å².